The van der Waals surface area contributed by atoms with Crippen LogP contribution in [0.2, 0.25) is 0 Å². The smallest absolute Gasteiger partial charge is 0.136 e. The number of fused-ring (bicyclic) bond motifs is 18. The molecule has 0 N–H and O–H groups in total. The van der Waals surface area contributed by atoms with Crippen molar-refractivity contribution in [3.63, 3.8) is 0 Å². The Morgan fingerprint density at radius 3 is 1.30 bits per heavy atom. The summed E-state index contributed by atoms with van der Waals surface area (Å²) in [6.45, 7) is 0. The predicted molar refractivity (Wildman–Crippen MR) is 252 cm³/mol. The number of rotatable bonds is 2. The lowest BCUT2D eigenvalue weighted by atomic mass is 9.99. The molecule has 0 aliphatic heterocycles. The van der Waals surface area contributed by atoms with E-state index in [0.717, 1.165) is 27.9 Å². The second-order valence-electron chi connectivity index (χ2n) is 16.5. The van der Waals surface area contributed by atoms with Gasteiger partial charge < -0.3 is 18.0 Å². The van der Waals surface area contributed by atoms with Gasteiger partial charge in [-0.1, -0.05) is 103 Å². The average molecular weight is 762 g/mol. The van der Waals surface area contributed by atoms with Gasteiger partial charge in [-0.15, -0.1) is 0 Å². The molecule has 0 amide bonds. The first-order valence-corrected chi connectivity index (χ1v) is 20.7. The molecule has 15 aromatic rings. The largest absolute Gasteiger partial charge is 0.456 e. The van der Waals surface area contributed by atoms with Crippen LogP contribution in [0.1, 0.15) is 0 Å². The second-order valence-corrected chi connectivity index (χ2v) is 16.5. The number of hydrogen-bond donors (Lipinski definition) is 0. The normalized spacial score (nSPS) is 12.7. The van der Waals surface area contributed by atoms with Crippen LogP contribution in [-0.4, -0.2) is 13.5 Å². The average Bonchev–Trinajstić information content (AvgIpc) is 4.09. The highest BCUT2D eigenvalue weighted by atomic mass is 16.3. The molecule has 0 spiro atoms. The third-order valence-electron chi connectivity index (χ3n) is 13.5. The fourth-order valence-electron chi connectivity index (χ4n) is 11.0. The summed E-state index contributed by atoms with van der Waals surface area (Å²) in [5, 5.41) is 17.2. The molecule has 0 unspecified atom stereocenters. The van der Waals surface area contributed by atoms with Crippen LogP contribution in [0.5, 0.6) is 0 Å². The number of furan rings is 1. The first-order chi connectivity index (χ1) is 29.7. The summed E-state index contributed by atoms with van der Waals surface area (Å²) in [5.74, 6) is 0. The molecule has 0 bridgehead atoms. The maximum atomic E-state index is 6.67. The van der Waals surface area contributed by atoms with E-state index in [1.165, 1.54) is 109 Å². The monoisotopic (exact) mass is 761 g/mol. The fourth-order valence-corrected chi connectivity index (χ4v) is 11.0. The molecule has 4 nitrogen and oxygen atoms in total. The van der Waals surface area contributed by atoms with Crippen molar-refractivity contribution in [1.29, 1.82) is 0 Å². The highest BCUT2D eigenvalue weighted by molar-refractivity contribution is 6.36. The van der Waals surface area contributed by atoms with Crippen LogP contribution in [0.4, 0.5) is 0 Å². The lowest BCUT2D eigenvalue weighted by Crippen LogP contribution is -1.94. The number of para-hydroxylation sites is 5. The summed E-state index contributed by atoms with van der Waals surface area (Å²) in [6, 6.07) is 69.3. The van der Waals surface area contributed by atoms with Crippen molar-refractivity contribution < 1.29 is 4.42 Å². The third kappa shape index (κ3) is 3.82. The maximum absolute atomic E-state index is 6.67. The predicted octanol–water partition coefficient (Wildman–Crippen LogP) is 15.2. The van der Waals surface area contributed by atoms with E-state index >= 15 is 0 Å². The summed E-state index contributed by atoms with van der Waals surface area (Å²) < 4.78 is 14.0. The highest BCUT2D eigenvalue weighted by Gasteiger charge is 2.24. The Labute approximate surface area is 341 Å². The Morgan fingerprint density at radius 2 is 0.750 bits per heavy atom. The van der Waals surface area contributed by atoms with Gasteiger partial charge >= 0.3 is 0 Å². The van der Waals surface area contributed by atoms with Crippen molar-refractivity contribution in [1.82, 2.24) is 13.5 Å². The molecule has 0 aliphatic carbocycles. The molecule has 0 saturated heterocycles. The molecular weight excluding hydrogens is 731 g/mol. The summed E-state index contributed by atoms with van der Waals surface area (Å²) in [6.07, 6.45) is 0. The summed E-state index contributed by atoms with van der Waals surface area (Å²) in [5.41, 5.74) is 12.7. The number of nitrogens with zero attached hydrogens (tertiary/aromatic N) is 3. The first kappa shape index (κ1) is 31.0. The van der Waals surface area contributed by atoms with Gasteiger partial charge in [0.15, 0.2) is 0 Å². The van der Waals surface area contributed by atoms with Gasteiger partial charge in [0.25, 0.3) is 0 Å². The molecule has 5 aromatic heterocycles. The lowest BCUT2D eigenvalue weighted by Gasteiger charge is -2.11. The van der Waals surface area contributed by atoms with Crippen molar-refractivity contribution in [3.05, 3.63) is 188 Å². The van der Waals surface area contributed by atoms with Gasteiger partial charge in [0.05, 0.1) is 38.6 Å². The molecule has 276 valence electrons. The van der Waals surface area contributed by atoms with Crippen LogP contribution < -0.4 is 0 Å². The number of hydrogen-bond acceptors (Lipinski definition) is 1. The highest BCUT2D eigenvalue weighted by Crippen LogP contribution is 2.48. The van der Waals surface area contributed by atoms with E-state index in [9.17, 15) is 0 Å². The molecule has 4 heteroatoms. The Kier molecular flexibility index (Phi) is 5.63. The van der Waals surface area contributed by atoms with Crippen LogP contribution in [0.25, 0.3) is 137 Å². The van der Waals surface area contributed by atoms with Gasteiger partial charge in [-0.05, 0) is 106 Å². The minimum Gasteiger partial charge on any atom is -0.456 e. The molecular formula is C56H31N3O. The van der Waals surface area contributed by atoms with Gasteiger partial charge in [-0.3, -0.25) is 0 Å². The molecule has 5 heterocycles. The van der Waals surface area contributed by atoms with Crippen LogP contribution >= 0.6 is 0 Å². The van der Waals surface area contributed by atoms with E-state index in [2.05, 4.69) is 202 Å². The standard InChI is InChI=1S/C56H31N3O/c1-6-16-46-38(11-1)39-12-2-7-17-47(39)57(46)36-23-21-32-27-43-44-31-53-54(42-15-5-10-20-52(42)60-53)55-45-28-33-22-24-37(58-48-18-8-3-13-40(48)41-14-4-9-19-49(41)58)26-35(33)30-51(45)59(56(44)55)50(43)29-34(32)25-36/h1-31H. The van der Waals surface area contributed by atoms with Crippen LogP contribution in [0.15, 0.2) is 192 Å². The molecule has 15 rings (SSSR count). The molecule has 10 aromatic carbocycles. The second kappa shape index (κ2) is 10.9. The SMILES string of the molecule is c1ccc2c(c1)oc1cc3c4cc5ccc(-n6c7ccccc7c7ccccc76)cc5cc4n4c5cc6cc(-n7c8ccccc8c8ccccc87)ccc6cc5c(c12)c34. The van der Waals surface area contributed by atoms with Gasteiger partial charge in [-0.25, -0.2) is 0 Å². The van der Waals surface area contributed by atoms with E-state index in [4.69, 9.17) is 4.42 Å². The van der Waals surface area contributed by atoms with Gasteiger partial charge in [0.1, 0.15) is 11.2 Å². The maximum Gasteiger partial charge on any atom is 0.136 e. The van der Waals surface area contributed by atoms with Crippen molar-refractivity contribution in [3.8, 4) is 11.4 Å². The third-order valence-corrected chi connectivity index (χ3v) is 13.5. The zero-order valence-electron chi connectivity index (χ0n) is 32.1. The van der Waals surface area contributed by atoms with E-state index < -0.39 is 0 Å². The van der Waals surface area contributed by atoms with Crippen molar-refractivity contribution >= 4 is 125 Å². The Hall–Kier alpha value is -8.08. The number of aromatic nitrogens is 3. The molecule has 0 radical (unpaired) electrons. The van der Waals surface area contributed by atoms with Gasteiger partial charge in [-0.2, -0.15) is 0 Å². The van der Waals surface area contributed by atoms with E-state index in [1.54, 1.807) is 0 Å². The molecule has 0 saturated carbocycles. The quantitative estimate of drug-likeness (QED) is 0.172. The van der Waals surface area contributed by atoms with Gasteiger partial charge in [0, 0.05) is 65.2 Å². The van der Waals surface area contributed by atoms with E-state index in [1.807, 2.05) is 0 Å². The molecule has 0 aliphatic rings. The molecule has 60 heavy (non-hydrogen) atoms. The fraction of sp³-hybridized carbons (Fsp3) is 0. The van der Waals surface area contributed by atoms with Crippen molar-refractivity contribution in [2.24, 2.45) is 0 Å². The first-order valence-electron chi connectivity index (χ1n) is 20.7. The zero-order valence-corrected chi connectivity index (χ0v) is 32.1. The minimum atomic E-state index is 0.917. The minimum absolute atomic E-state index is 0.917. The van der Waals surface area contributed by atoms with Crippen molar-refractivity contribution in [2.75, 3.05) is 0 Å². The Balaban J connectivity index is 1.05. The Bertz CT molecular complexity index is 4260. The lowest BCUT2D eigenvalue weighted by molar-refractivity contribution is 0.669. The zero-order chi connectivity index (χ0) is 38.8. The summed E-state index contributed by atoms with van der Waals surface area (Å²) in [4.78, 5) is 0. The topological polar surface area (TPSA) is 27.4 Å². The van der Waals surface area contributed by atoms with Crippen LogP contribution in [0.3, 0.4) is 0 Å². The molecule has 0 atom stereocenters. The Morgan fingerprint density at radius 1 is 0.283 bits per heavy atom. The molecule has 0 fully saturated rings. The van der Waals surface area contributed by atoms with Crippen molar-refractivity contribution in [2.45, 2.75) is 0 Å². The summed E-state index contributed by atoms with van der Waals surface area (Å²) in [7, 11) is 0. The number of benzene rings is 10. The van der Waals surface area contributed by atoms with E-state index in [0.29, 0.717) is 0 Å². The van der Waals surface area contributed by atoms with Crippen LogP contribution in [0, 0.1) is 0 Å². The summed E-state index contributed by atoms with van der Waals surface area (Å²) >= 11 is 0. The van der Waals surface area contributed by atoms with Crippen LogP contribution in [-0.2, 0) is 0 Å². The van der Waals surface area contributed by atoms with E-state index in [-0.39, 0.29) is 0 Å². The van der Waals surface area contributed by atoms with Gasteiger partial charge in [0.2, 0.25) is 0 Å².